The molecule has 2 N–H and O–H groups in total. The number of nitrogens with zero attached hydrogens (tertiary/aromatic N) is 1. The number of rotatable bonds is 7. The Balaban J connectivity index is 1.52. The van der Waals surface area contributed by atoms with Gasteiger partial charge >= 0.3 is 5.97 Å². The Morgan fingerprint density at radius 3 is 2.41 bits per heavy atom. The molecule has 0 fully saturated rings. The van der Waals surface area contributed by atoms with E-state index in [-0.39, 0.29) is 11.6 Å². The number of methoxy groups -OCH3 is 1. The van der Waals surface area contributed by atoms with Gasteiger partial charge in [0.1, 0.15) is 5.69 Å². The summed E-state index contributed by atoms with van der Waals surface area (Å²) in [5, 5.41) is 7.35. The molecule has 0 spiro atoms. The molecule has 3 aromatic rings. The Labute approximate surface area is 171 Å². The molecule has 0 bridgehead atoms. The Bertz CT molecular complexity index is 1000. The first-order valence-corrected chi connectivity index (χ1v) is 9.72. The van der Waals surface area contributed by atoms with Crippen LogP contribution in [0.1, 0.15) is 32.8 Å². The smallest absolute Gasteiger partial charge is 0.337 e. The second kappa shape index (κ2) is 9.61. The van der Waals surface area contributed by atoms with Crippen LogP contribution in [-0.2, 0) is 16.0 Å². The first-order valence-electron chi connectivity index (χ1n) is 8.84. The number of nitrogens with one attached hydrogen (secondary N) is 2. The minimum Gasteiger partial charge on any atom is -0.465 e. The van der Waals surface area contributed by atoms with Crippen LogP contribution in [-0.4, -0.2) is 29.9 Å². The van der Waals surface area contributed by atoms with Gasteiger partial charge in [0.25, 0.3) is 5.91 Å². The maximum atomic E-state index is 12.3. The normalized spacial score (nSPS) is 10.2. The van der Waals surface area contributed by atoms with Gasteiger partial charge in [-0.2, -0.15) is 0 Å². The van der Waals surface area contributed by atoms with E-state index in [1.54, 1.807) is 29.6 Å². The molecule has 0 unspecified atom stereocenters. The van der Waals surface area contributed by atoms with Gasteiger partial charge in [-0.25, -0.2) is 9.78 Å². The number of thiazole rings is 1. The lowest BCUT2D eigenvalue weighted by molar-refractivity contribution is -0.116. The number of ether oxygens (including phenoxy) is 1. The van der Waals surface area contributed by atoms with E-state index < -0.39 is 11.9 Å². The summed E-state index contributed by atoms with van der Waals surface area (Å²) in [6.07, 6.45) is 0.963. The van der Waals surface area contributed by atoms with E-state index >= 15 is 0 Å². The van der Waals surface area contributed by atoms with Crippen molar-refractivity contribution in [1.29, 1.82) is 0 Å². The van der Waals surface area contributed by atoms with Crippen LogP contribution in [0.5, 0.6) is 0 Å². The standard InChI is InChI=1S/C21H19N3O4S/c1-28-20(27)15-8-10-16(11-9-15)22-19(26)17-13-29-21(23-17)24-18(25)12-7-14-5-3-2-4-6-14/h2-6,8-11,13H,7,12H2,1H3,(H,22,26)(H,23,24,25). The highest BCUT2D eigenvalue weighted by molar-refractivity contribution is 7.14. The molecule has 2 aromatic carbocycles. The Hall–Kier alpha value is -3.52. The number of anilines is 2. The first kappa shape index (κ1) is 20.2. The van der Waals surface area contributed by atoms with Crippen LogP contribution in [0.2, 0.25) is 0 Å². The van der Waals surface area contributed by atoms with Gasteiger partial charge in [0.05, 0.1) is 12.7 Å². The summed E-state index contributed by atoms with van der Waals surface area (Å²) in [6, 6.07) is 16.0. The van der Waals surface area contributed by atoms with Gasteiger partial charge in [-0.05, 0) is 36.2 Å². The number of aryl methyl sites for hydroxylation is 1. The van der Waals surface area contributed by atoms with Gasteiger partial charge in [0.2, 0.25) is 5.91 Å². The van der Waals surface area contributed by atoms with Crippen molar-refractivity contribution in [2.24, 2.45) is 0 Å². The highest BCUT2D eigenvalue weighted by Gasteiger charge is 2.13. The maximum absolute atomic E-state index is 12.3. The fourth-order valence-corrected chi connectivity index (χ4v) is 3.23. The third-order valence-electron chi connectivity index (χ3n) is 4.03. The van der Waals surface area contributed by atoms with E-state index in [2.05, 4.69) is 20.4 Å². The van der Waals surface area contributed by atoms with Crippen LogP contribution in [0.25, 0.3) is 0 Å². The first-order chi connectivity index (χ1) is 14.0. The second-order valence-electron chi connectivity index (χ2n) is 6.09. The molecule has 0 aliphatic carbocycles. The summed E-state index contributed by atoms with van der Waals surface area (Å²) >= 11 is 1.18. The summed E-state index contributed by atoms with van der Waals surface area (Å²) in [4.78, 5) is 40.0. The average Bonchev–Trinajstić information content (AvgIpc) is 3.21. The molecule has 0 saturated carbocycles. The molecule has 0 atom stereocenters. The molecule has 148 valence electrons. The Morgan fingerprint density at radius 1 is 1.00 bits per heavy atom. The number of carbonyl (C=O) groups excluding carboxylic acids is 3. The molecular weight excluding hydrogens is 390 g/mol. The lowest BCUT2D eigenvalue weighted by Gasteiger charge is -2.04. The second-order valence-corrected chi connectivity index (χ2v) is 6.95. The van der Waals surface area contributed by atoms with Crippen molar-refractivity contribution in [3.05, 3.63) is 76.8 Å². The number of esters is 1. The van der Waals surface area contributed by atoms with E-state index in [4.69, 9.17) is 0 Å². The molecule has 1 aromatic heterocycles. The molecule has 3 rings (SSSR count). The molecule has 0 saturated heterocycles. The number of hydrogen-bond donors (Lipinski definition) is 2. The minimum absolute atomic E-state index is 0.159. The van der Waals surface area contributed by atoms with Gasteiger partial charge in [-0.3, -0.25) is 9.59 Å². The summed E-state index contributed by atoms with van der Waals surface area (Å²) < 4.78 is 4.63. The molecule has 29 heavy (non-hydrogen) atoms. The van der Waals surface area contributed by atoms with Crippen LogP contribution in [0.4, 0.5) is 10.8 Å². The SMILES string of the molecule is COC(=O)c1ccc(NC(=O)c2csc(NC(=O)CCc3ccccc3)n2)cc1. The van der Waals surface area contributed by atoms with Crippen LogP contribution >= 0.6 is 11.3 Å². The monoisotopic (exact) mass is 409 g/mol. The molecule has 0 aliphatic heterocycles. The van der Waals surface area contributed by atoms with E-state index in [1.165, 1.54) is 18.4 Å². The number of carbonyl (C=O) groups is 3. The number of aromatic nitrogens is 1. The lowest BCUT2D eigenvalue weighted by atomic mass is 10.1. The summed E-state index contributed by atoms with van der Waals surface area (Å²) in [6.45, 7) is 0. The molecule has 2 amide bonds. The van der Waals surface area contributed by atoms with Gasteiger partial charge in [0.15, 0.2) is 5.13 Å². The van der Waals surface area contributed by atoms with Crippen LogP contribution in [0, 0.1) is 0 Å². The number of amides is 2. The zero-order valence-electron chi connectivity index (χ0n) is 15.7. The third kappa shape index (κ3) is 5.73. The Morgan fingerprint density at radius 2 is 1.72 bits per heavy atom. The summed E-state index contributed by atoms with van der Waals surface area (Å²) in [7, 11) is 1.30. The fourth-order valence-electron chi connectivity index (χ4n) is 2.52. The van der Waals surface area contributed by atoms with Crippen LogP contribution in [0.3, 0.4) is 0 Å². The molecule has 7 nitrogen and oxygen atoms in total. The van der Waals surface area contributed by atoms with Gasteiger partial charge in [-0.1, -0.05) is 30.3 Å². The Kier molecular flexibility index (Phi) is 6.70. The molecule has 8 heteroatoms. The van der Waals surface area contributed by atoms with Crippen molar-refractivity contribution in [3.8, 4) is 0 Å². The van der Waals surface area contributed by atoms with Crippen LogP contribution in [0.15, 0.2) is 60.0 Å². The van der Waals surface area contributed by atoms with E-state index in [0.717, 1.165) is 5.56 Å². The van der Waals surface area contributed by atoms with Gasteiger partial charge < -0.3 is 15.4 Å². The van der Waals surface area contributed by atoms with Crippen molar-refractivity contribution in [3.63, 3.8) is 0 Å². The highest BCUT2D eigenvalue weighted by atomic mass is 32.1. The number of hydrogen-bond acceptors (Lipinski definition) is 6. The topological polar surface area (TPSA) is 97.4 Å². The average molecular weight is 409 g/mol. The van der Waals surface area contributed by atoms with Crippen LogP contribution < -0.4 is 10.6 Å². The summed E-state index contributed by atoms with van der Waals surface area (Å²) in [5.41, 5.74) is 2.19. The molecule has 1 heterocycles. The zero-order chi connectivity index (χ0) is 20.6. The minimum atomic E-state index is -0.449. The number of benzene rings is 2. The van der Waals surface area contributed by atoms with E-state index in [1.807, 2.05) is 30.3 Å². The third-order valence-corrected chi connectivity index (χ3v) is 4.79. The van der Waals surface area contributed by atoms with E-state index in [9.17, 15) is 14.4 Å². The lowest BCUT2D eigenvalue weighted by Crippen LogP contribution is -2.14. The molecule has 0 radical (unpaired) electrons. The highest BCUT2D eigenvalue weighted by Crippen LogP contribution is 2.18. The van der Waals surface area contributed by atoms with Crippen molar-refractivity contribution in [2.75, 3.05) is 17.7 Å². The quantitative estimate of drug-likeness (QED) is 0.579. The van der Waals surface area contributed by atoms with Crippen molar-refractivity contribution < 1.29 is 19.1 Å². The zero-order valence-corrected chi connectivity index (χ0v) is 16.5. The fraction of sp³-hybridized carbons (Fsp3) is 0.143. The van der Waals surface area contributed by atoms with Gasteiger partial charge in [0, 0.05) is 17.5 Å². The van der Waals surface area contributed by atoms with Crippen molar-refractivity contribution >= 4 is 39.9 Å². The van der Waals surface area contributed by atoms with E-state index in [0.29, 0.717) is 29.2 Å². The molecular formula is C21H19N3O4S. The predicted octanol–water partition coefficient (Wildman–Crippen LogP) is 3.75. The van der Waals surface area contributed by atoms with Gasteiger partial charge in [-0.15, -0.1) is 11.3 Å². The summed E-state index contributed by atoms with van der Waals surface area (Å²) in [5.74, 6) is -1.01. The van der Waals surface area contributed by atoms with Crippen molar-refractivity contribution in [1.82, 2.24) is 4.98 Å². The molecule has 0 aliphatic rings. The largest absolute Gasteiger partial charge is 0.465 e. The predicted molar refractivity (Wildman–Crippen MR) is 111 cm³/mol. The maximum Gasteiger partial charge on any atom is 0.337 e. The van der Waals surface area contributed by atoms with Crippen molar-refractivity contribution in [2.45, 2.75) is 12.8 Å².